The minimum Gasteiger partial charge on any atom is -0.480 e. The number of carboxylic acid groups (broad SMARTS) is 1. The van der Waals surface area contributed by atoms with Crippen LogP contribution in [0.15, 0.2) is 0 Å². The maximum absolute atomic E-state index is 12.0. The number of hydrogen-bond acceptors (Lipinski definition) is 3. The molecule has 1 fully saturated rings. The molecule has 16 heavy (non-hydrogen) atoms. The molecule has 4 unspecified atom stereocenters. The normalized spacial score (nSPS) is 28.9. The summed E-state index contributed by atoms with van der Waals surface area (Å²) in [6, 6.07) is -0.938. The second-order valence-corrected chi connectivity index (χ2v) is 4.73. The van der Waals surface area contributed by atoms with Gasteiger partial charge in [-0.1, -0.05) is 13.8 Å². The average molecular weight is 228 g/mol. The van der Waals surface area contributed by atoms with E-state index in [4.69, 9.17) is 10.8 Å². The first-order valence-electron chi connectivity index (χ1n) is 5.65. The van der Waals surface area contributed by atoms with Gasteiger partial charge in [0.25, 0.3) is 0 Å². The van der Waals surface area contributed by atoms with Crippen LogP contribution in [0.3, 0.4) is 0 Å². The Bertz CT molecular complexity index is 291. The van der Waals surface area contributed by atoms with E-state index in [1.165, 1.54) is 4.90 Å². The van der Waals surface area contributed by atoms with Crippen LogP contribution in [0.25, 0.3) is 0 Å². The van der Waals surface area contributed by atoms with Crippen LogP contribution in [-0.2, 0) is 9.59 Å². The molecular weight excluding hydrogens is 208 g/mol. The van der Waals surface area contributed by atoms with E-state index < -0.39 is 12.0 Å². The van der Waals surface area contributed by atoms with Crippen molar-refractivity contribution >= 4 is 11.9 Å². The van der Waals surface area contributed by atoms with Crippen LogP contribution in [-0.4, -0.2) is 40.5 Å². The third kappa shape index (κ3) is 2.35. The lowest BCUT2D eigenvalue weighted by Gasteiger charge is -2.27. The van der Waals surface area contributed by atoms with Crippen LogP contribution < -0.4 is 5.73 Å². The summed E-state index contributed by atoms with van der Waals surface area (Å²) in [5.41, 5.74) is 5.67. The van der Waals surface area contributed by atoms with E-state index >= 15 is 0 Å². The molecule has 5 heteroatoms. The highest BCUT2D eigenvalue weighted by Gasteiger charge is 2.41. The standard InChI is InChI=1S/C11H20N2O3/c1-6-4-5-13(9(6)11(15)16)10(14)7(2)8(3)12/h6-9H,4-5,12H2,1-3H3,(H,15,16). The smallest absolute Gasteiger partial charge is 0.326 e. The van der Waals surface area contributed by atoms with Crippen molar-refractivity contribution in [1.29, 1.82) is 0 Å². The summed E-state index contributed by atoms with van der Waals surface area (Å²) in [7, 11) is 0. The van der Waals surface area contributed by atoms with Crippen molar-refractivity contribution in [2.45, 2.75) is 39.3 Å². The van der Waals surface area contributed by atoms with Crippen LogP contribution in [0.4, 0.5) is 0 Å². The molecule has 92 valence electrons. The highest BCUT2D eigenvalue weighted by Crippen LogP contribution is 2.26. The monoisotopic (exact) mass is 228 g/mol. The number of nitrogens with two attached hydrogens (primary N) is 1. The van der Waals surface area contributed by atoms with Gasteiger partial charge in [-0.2, -0.15) is 0 Å². The van der Waals surface area contributed by atoms with Gasteiger partial charge >= 0.3 is 5.97 Å². The second kappa shape index (κ2) is 4.82. The van der Waals surface area contributed by atoms with Crippen LogP contribution >= 0.6 is 0 Å². The first-order chi connectivity index (χ1) is 7.36. The van der Waals surface area contributed by atoms with Crippen molar-refractivity contribution in [2.24, 2.45) is 17.6 Å². The molecule has 0 aromatic rings. The van der Waals surface area contributed by atoms with E-state index in [0.29, 0.717) is 6.54 Å². The number of carboxylic acids is 1. The predicted octanol–water partition coefficient (Wildman–Crippen LogP) is 0.291. The zero-order valence-corrected chi connectivity index (χ0v) is 10.0. The molecule has 0 spiro atoms. The topological polar surface area (TPSA) is 83.6 Å². The minimum absolute atomic E-state index is 0.0155. The highest BCUT2D eigenvalue weighted by atomic mass is 16.4. The van der Waals surface area contributed by atoms with Gasteiger partial charge in [0.2, 0.25) is 5.91 Å². The second-order valence-electron chi connectivity index (χ2n) is 4.73. The molecule has 1 amide bonds. The van der Waals surface area contributed by atoms with Crippen LogP contribution in [0.2, 0.25) is 0 Å². The molecule has 0 saturated carbocycles. The predicted molar refractivity (Wildman–Crippen MR) is 59.7 cm³/mol. The molecule has 0 radical (unpaired) electrons. The number of hydrogen-bond donors (Lipinski definition) is 2. The molecule has 0 aromatic carbocycles. The van der Waals surface area contributed by atoms with Crippen molar-refractivity contribution in [3.05, 3.63) is 0 Å². The summed E-state index contributed by atoms with van der Waals surface area (Å²) in [5, 5.41) is 9.10. The number of carbonyl (C=O) groups excluding carboxylic acids is 1. The third-order valence-corrected chi connectivity index (χ3v) is 3.41. The van der Waals surface area contributed by atoms with Crippen molar-refractivity contribution < 1.29 is 14.7 Å². The largest absolute Gasteiger partial charge is 0.480 e. The van der Waals surface area contributed by atoms with Gasteiger partial charge in [-0.25, -0.2) is 4.79 Å². The van der Waals surface area contributed by atoms with Crippen molar-refractivity contribution in [1.82, 2.24) is 4.90 Å². The van der Waals surface area contributed by atoms with Gasteiger partial charge in [0.05, 0.1) is 5.92 Å². The zero-order valence-electron chi connectivity index (χ0n) is 10.0. The zero-order chi connectivity index (χ0) is 12.5. The quantitative estimate of drug-likeness (QED) is 0.727. The Morgan fingerprint density at radius 2 is 2.00 bits per heavy atom. The van der Waals surface area contributed by atoms with E-state index in [2.05, 4.69) is 0 Å². The van der Waals surface area contributed by atoms with Gasteiger partial charge < -0.3 is 15.7 Å². The molecule has 3 N–H and O–H groups in total. The maximum Gasteiger partial charge on any atom is 0.326 e. The average Bonchev–Trinajstić information content (AvgIpc) is 2.57. The number of amides is 1. The Balaban J connectivity index is 2.80. The summed E-state index contributed by atoms with van der Waals surface area (Å²) < 4.78 is 0. The van der Waals surface area contributed by atoms with E-state index in [0.717, 1.165) is 6.42 Å². The summed E-state index contributed by atoms with van der Waals surface area (Å²) in [5.74, 6) is -1.38. The summed E-state index contributed by atoms with van der Waals surface area (Å²) in [6.07, 6.45) is 0.744. The number of rotatable bonds is 3. The van der Waals surface area contributed by atoms with Crippen molar-refractivity contribution in [2.75, 3.05) is 6.54 Å². The van der Waals surface area contributed by atoms with E-state index in [1.54, 1.807) is 13.8 Å². The van der Waals surface area contributed by atoms with Crippen molar-refractivity contribution in [3.63, 3.8) is 0 Å². The molecule has 0 bridgehead atoms. The summed E-state index contributed by atoms with van der Waals surface area (Å²) >= 11 is 0. The lowest BCUT2D eigenvalue weighted by Crippen LogP contribution is -2.48. The Kier molecular flexibility index (Phi) is 3.91. The number of likely N-dealkylation sites (tertiary alicyclic amines) is 1. The molecular formula is C11H20N2O3. The van der Waals surface area contributed by atoms with Gasteiger partial charge in [-0.15, -0.1) is 0 Å². The first kappa shape index (κ1) is 13.0. The molecule has 0 aromatic heterocycles. The molecule has 1 rings (SSSR count). The molecule has 5 nitrogen and oxygen atoms in total. The first-order valence-corrected chi connectivity index (χ1v) is 5.65. The molecule has 1 heterocycles. The fraction of sp³-hybridized carbons (Fsp3) is 0.818. The lowest BCUT2D eigenvalue weighted by molar-refractivity contribution is -0.151. The molecule has 1 saturated heterocycles. The Morgan fingerprint density at radius 1 is 1.44 bits per heavy atom. The Labute approximate surface area is 95.6 Å². The fourth-order valence-electron chi connectivity index (χ4n) is 2.06. The maximum atomic E-state index is 12.0. The van der Waals surface area contributed by atoms with Gasteiger partial charge in [0, 0.05) is 12.6 Å². The summed E-state index contributed by atoms with van der Waals surface area (Å²) in [4.78, 5) is 24.6. The van der Waals surface area contributed by atoms with E-state index in [1.807, 2.05) is 6.92 Å². The molecule has 0 aliphatic carbocycles. The van der Waals surface area contributed by atoms with Gasteiger partial charge in [-0.05, 0) is 19.3 Å². The number of aliphatic carboxylic acids is 1. The third-order valence-electron chi connectivity index (χ3n) is 3.41. The lowest BCUT2D eigenvalue weighted by atomic mass is 10.0. The SMILES string of the molecule is CC(N)C(C)C(=O)N1CCC(C)C1C(=O)O. The van der Waals surface area contributed by atoms with Gasteiger partial charge in [-0.3, -0.25) is 4.79 Å². The Morgan fingerprint density at radius 3 is 2.44 bits per heavy atom. The highest BCUT2D eigenvalue weighted by molar-refractivity contribution is 5.86. The molecule has 4 atom stereocenters. The Hall–Kier alpha value is -1.10. The van der Waals surface area contributed by atoms with Crippen molar-refractivity contribution in [3.8, 4) is 0 Å². The number of carbonyl (C=O) groups is 2. The van der Waals surface area contributed by atoms with Gasteiger partial charge in [0.1, 0.15) is 6.04 Å². The van der Waals surface area contributed by atoms with Crippen LogP contribution in [0.5, 0.6) is 0 Å². The minimum atomic E-state index is -0.921. The van der Waals surface area contributed by atoms with Gasteiger partial charge in [0.15, 0.2) is 0 Å². The van der Waals surface area contributed by atoms with Crippen LogP contribution in [0.1, 0.15) is 27.2 Å². The van der Waals surface area contributed by atoms with E-state index in [9.17, 15) is 9.59 Å². The molecule has 1 aliphatic rings. The molecule has 1 aliphatic heterocycles. The van der Waals surface area contributed by atoms with Crippen LogP contribution in [0, 0.1) is 11.8 Å². The summed E-state index contributed by atoms with van der Waals surface area (Å²) in [6.45, 7) is 5.89. The number of nitrogens with zero attached hydrogens (tertiary/aromatic N) is 1. The van der Waals surface area contributed by atoms with E-state index in [-0.39, 0.29) is 23.8 Å². The fourth-order valence-corrected chi connectivity index (χ4v) is 2.06.